The van der Waals surface area contributed by atoms with E-state index in [2.05, 4.69) is 4.74 Å². The van der Waals surface area contributed by atoms with Gasteiger partial charge in [-0.25, -0.2) is 4.57 Å². The fourth-order valence-electron chi connectivity index (χ4n) is 3.41. The predicted octanol–water partition coefficient (Wildman–Crippen LogP) is 6.31. The highest BCUT2D eigenvalue weighted by Crippen LogP contribution is 2.52. The number of phosphoric ester groups is 1. The number of methoxy groups -OCH3 is 2. The highest BCUT2D eigenvalue weighted by Gasteiger charge is 2.28. The van der Waals surface area contributed by atoms with E-state index in [0.29, 0.717) is 24.2 Å². The van der Waals surface area contributed by atoms with E-state index in [-0.39, 0.29) is 18.3 Å². The molecular formula is C24H29O7PS. The molecule has 0 spiro atoms. The highest BCUT2D eigenvalue weighted by molar-refractivity contribution is 7.99. The van der Waals surface area contributed by atoms with Gasteiger partial charge < -0.3 is 14.0 Å². The first-order valence-corrected chi connectivity index (χ1v) is 13.1. The summed E-state index contributed by atoms with van der Waals surface area (Å²) in [6.07, 6.45) is 6.18. The maximum Gasteiger partial charge on any atom is 0.527 e. The maximum atomic E-state index is 12.7. The Kier molecular flexibility index (Phi) is 9.44. The van der Waals surface area contributed by atoms with Crippen LogP contribution in [0.1, 0.15) is 49.7 Å². The Morgan fingerprint density at radius 2 is 1.76 bits per heavy atom. The summed E-state index contributed by atoms with van der Waals surface area (Å²) < 4.78 is 33.6. The molecule has 0 saturated carbocycles. The van der Waals surface area contributed by atoms with Crippen molar-refractivity contribution in [3.8, 4) is 5.75 Å². The Morgan fingerprint density at radius 3 is 2.55 bits per heavy atom. The largest absolute Gasteiger partial charge is 0.527 e. The normalized spacial score (nSPS) is 14.2. The molecule has 0 aliphatic carbocycles. The topological polar surface area (TPSA) is 91.3 Å². The Bertz CT molecular complexity index is 1040. The van der Waals surface area contributed by atoms with E-state index in [0.717, 1.165) is 41.0 Å². The lowest BCUT2D eigenvalue weighted by Gasteiger charge is -2.17. The van der Waals surface area contributed by atoms with Crippen molar-refractivity contribution in [1.29, 1.82) is 0 Å². The Labute approximate surface area is 198 Å². The zero-order valence-electron chi connectivity index (χ0n) is 18.8. The quantitative estimate of drug-likeness (QED) is 0.210. The third-order valence-corrected chi connectivity index (χ3v) is 7.26. The van der Waals surface area contributed by atoms with Gasteiger partial charge in [-0.1, -0.05) is 55.3 Å². The van der Waals surface area contributed by atoms with Crippen molar-refractivity contribution in [2.75, 3.05) is 20.8 Å². The summed E-state index contributed by atoms with van der Waals surface area (Å²) >= 11 is 1.52. The minimum Gasteiger partial charge on any atom is -0.496 e. The Morgan fingerprint density at radius 1 is 1.00 bits per heavy atom. The van der Waals surface area contributed by atoms with Crippen LogP contribution in [-0.4, -0.2) is 31.7 Å². The van der Waals surface area contributed by atoms with E-state index >= 15 is 0 Å². The molecule has 0 aromatic heterocycles. The zero-order valence-corrected chi connectivity index (χ0v) is 20.5. The third kappa shape index (κ3) is 7.37. The minimum atomic E-state index is -4.33. The molecule has 1 atom stereocenters. The maximum absolute atomic E-state index is 12.7. The molecule has 1 N–H and O–H groups in total. The molecule has 0 fully saturated rings. The molecular weight excluding hydrogens is 463 g/mol. The van der Waals surface area contributed by atoms with Crippen LogP contribution in [0.4, 0.5) is 0 Å². The summed E-state index contributed by atoms with van der Waals surface area (Å²) in [7, 11) is -1.36. The smallest absolute Gasteiger partial charge is 0.496 e. The lowest BCUT2D eigenvalue weighted by atomic mass is 10.1. The van der Waals surface area contributed by atoms with Crippen molar-refractivity contribution in [3.63, 3.8) is 0 Å². The Balaban J connectivity index is 1.61. The third-order valence-electron chi connectivity index (χ3n) is 5.10. The summed E-state index contributed by atoms with van der Waals surface area (Å²) in [4.78, 5) is 23.3. The Hall–Kier alpha value is -2.25. The first-order chi connectivity index (χ1) is 15.9. The molecule has 1 heterocycles. The van der Waals surface area contributed by atoms with Gasteiger partial charge in [0.2, 0.25) is 0 Å². The average Bonchev–Trinajstić information content (AvgIpc) is 2.96. The number of phosphoric acid groups is 1. The fourth-order valence-corrected chi connectivity index (χ4v) is 5.36. The second-order valence-corrected chi connectivity index (χ2v) is 9.90. The molecule has 178 valence electrons. The van der Waals surface area contributed by atoms with Crippen LogP contribution in [0.2, 0.25) is 0 Å². The molecule has 7 nitrogen and oxygen atoms in total. The summed E-state index contributed by atoms with van der Waals surface area (Å²) in [5.41, 5.74) is 1.54. The van der Waals surface area contributed by atoms with Crippen LogP contribution in [0.15, 0.2) is 52.3 Å². The summed E-state index contributed by atoms with van der Waals surface area (Å²) in [6, 6.07) is 13.2. The van der Waals surface area contributed by atoms with E-state index < -0.39 is 7.82 Å². The van der Waals surface area contributed by atoms with Gasteiger partial charge in [-0.3, -0.25) is 14.2 Å². The van der Waals surface area contributed by atoms with Gasteiger partial charge in [0, 0.05) is 16.9 Å². The molecule has 2 aromatic carbocycles. The van der Waals surface area contributed by atoms with Crippen molar-refractivity contribution in [3.05, 3.63) is 53.6 Å². The lowest BCUT2D eigenvalue weighted by Crippen LogP contribution is -2.00. The molecule has 33 heavy (non-hydrogen) atoms. The van der Waals surface area contributed by atoms with E-state index in [4.69, 9.17) is 13.8 Å². The summed E-state index contributed by atoms with van der Waals surface area (Å²) in [5.74, 6) is 0.712. The standard InChI is InChI=1S/C24H29O7PS/c1-28-20-13-10-12-19-21(17-18-11-7-8-14-22(18)33-24(19)20)31-32(26,27)30-16-9-5-3-4-6-15-23(25)29-2/h7-8,10-14,17H,3-6,9,15-16H2,1-2H3,(H,26,27). The van der Waals surface area contributed by atoms with Crippen molar-refractivity contribution >= 4 is 37.4 Å². The van der Waals surface area contributed by atoms with Gasteiger partial charge >= 0.3 is 13.8 Å². The number of carbonyl (C=O) groups excluding carboxylic acids is 1. The highest BCUT2D eigenvalue weighted by atomic mass is 32.2. The second kappa shape index (κ2) is 12.3. The fraction of sp³-hybridized carbons (Fsp3) is 0.375. The number of unbranched alkanes of at least 4 members (excludes halogenated alkanes) is 4. The number of fused-ring (bicyclic) bond motifs is 2. The van der Waals surface area contributed by atoms with Crippen molar-refractivity contribution in [1.82, 2.24) is 0 Å². The number of carbonyl (C=O) groups is 1. The van der Waals surface area contributed by atoms with E-state index in [1.165, 1.54) is 18.9 Å². The minimum absolute atomic E-state index is 0.106. The van der Waals surface area contributed by atoms with Crippen LogP contribution >= 0.6 is 19.6 Å². The molecule has 1 unspecified atom stereocenters. The number of hydrogen-bond donors (Lipinski definition) is 1. The van der Waals surface area contributed by atoms with Crippen LogP contribution in [0.5, 0.6) is 5.75 Å². The van der Waals surface area contributed by atoms with Crippen LogP contribution in [0, 0.1) is 0 Å². The predicted molar refractivity (Wildman–Crippen MR) is 128 cm³/mol. The molecule has 3 rings (SSSR count). The van der Waals surface area contributed by atoms with Gasteiger partial charge in [-0.15, -0.1) is 0 Å². The van der Waals surface area contributed by atoms with Crippen LogP contribution in [-0.2, 0) is 23.1 Å². The molecule has 0 radical (unpaired) electrons. The number of hydrogen-bond acceptors (Lipinski definition) is 7. The number of ether oxygens (including phenoxy) is 2. The zero-order chi connectivity index (χ0) is 23.7. The van der Waals surface area contributed by atoms with Crippen molar-refractivity contribution in [2.24, 2.45) is 0 Å². The lowest BCUT2D eigenvalue weighted by molar-refractivity contribution is -0.140. The van der Waals surface area contributed by atoms with Crippen molar-refractivity contribution < 1.29 is 32.8 Å². The van der Waals surface area contributed by atoms with Gasteiger partial charge in [0.25, 0.3) is 0 Å². The molecule has 0 amide bonds. The van der Waals surface area contributed by atoms with Crippen LogP contribution in [0.25, 0.3) is 11.8 Å². The molecule has 1 aliphatic rings. The molecule has 9 heteroatoms. The molecule has 2 aromatic rings. The second-order valence-electron chi connectivity index (χ2n) is 7.47. The number of esters is 1. The molecule has 0 saturated heterocycles. The summed E-state index contributed by atoms with van der Waals surface area (Å²) in [5, 5.41) is 0. The number of benzene rings is 2. The van der Waals surface area contributed by atoms with E-state index in [1.54, 1.807) is 13.2 Å². The van der Waals surface area contributed by atoms with Gasteiger partial charge in [0.15, 0.2) is 0 Å². The first-order valence-electron chi connectivity index (χ1n) is 10.8. The van der Waals surface area contributed by atoms with Gasteiger partial charge in [0.1, 0.15) is 11.5 Å². The SMILES string of the molecule is COC(=O)CCCCCCCOP(=O)(O)OC1=Cc2ccccc2Sc2c(OC)cccc21. The van der Waals surface area contributed by atoms with Gasteiger partial charge in [-0.05, 0) is 42.7 Å². The van der Waals surface area contributed by atoms with Gasteiger partial charge in [-0.2, -0.15) is 0 Å². The number of rotatable bonds is 12. The molecule has 1 aliphatic heterocycles. The average molecular weight is 493 g/mol. The summed E-state index contributed by atoms with van der Waals surface area (Å²) in [6.45, 7) is 0.106. The first kappa shape index (κ1) is 25.4. The van der Waals surface area contributed by atoms with Crippen molar-refractivity contribution in [2.45, 2.75) is 48.3 Å². The van der Waals surface area contributed by atoms with Crippen LogP contribution < -0.4 is 4.74 Å². The van der Waals surface area contributed by atoms with E-state index in [1.807, 2.05) is 42.5 Å². The molecule has 0 bridgehead atoms. The van der Waals surface area contributed by atoms with E-state index in [9.17, 15) is 14.3 Å². The monoisotopic (exact) mass is 492 g/mol. The van der Waals surface area contributed by atoms with Crippen LogP contribution in [0.3, 0.4) is 0 Å². The van der Waals surface area contributed by atoms with Gasteiger partial charge in [0.05, 0.1) is 25.7 Å².